The summed E-state index contributed by atoms with van der Waals surface area (Å²) in [5.41, 5.74) is 0. The Balaban J connectivity index is 3.60. The van der Waals surface area contributed by atoms with Crippen molar-refractivity contribution in [3.63, 3.8) is 0 Å². The molecule has 1 amide bonds. The van der Waals surface area contributed by atoms with E-state index in [9.17, 15) is 25.2 Å². The normalized spacial score (nSPS) is 13.8. The molecule has 5 N–H and O–H groups in total. The minimum absolute atomic E-state index is 0.362. The zero-order chi connectivity index (χ0) is 53.0. The Morgan fingerprint density at radius 3 is 0.863 bits per heavy atom. The smallest absolute Gasteiger partial charge is 0.249 e. The number of aliphatic hydroxyl groups is 4. The van der Waals surface area contributed by atoms with Crippen molar-refractivity contribution >= 4 is 5.91 Å². The average molecular weight is 1030 g/mol. The van der Waals surface area contributed by atoms with Gasteiger partial charge in [-0.05, 0) is 77.0 Å². The minimum atomic E-state index is -1.29. The standard InChI is InChI=1S/C67H129NO5/c1-3-5-7-9-11-13-15-17-19-21-23-25-27-29-30-31-32-33-34-35-37-39-41-43-45-47-49-51-53-55-57-59-61-65(71)67(73)68-63(62-69)66(72)64(70)60-58-56-54-52-50-48-46-44-42-40-38-36-28-26-24-22-20-18-16-14-12-10-8-6-4-2/h29-30,44,46,52,54,63-66,69-72H,3-28,31-43,45,47-51,53,55-62H2,1-2H3,(H,68,73)/b30-29-,46-44+,54-52+. The molecule has 0 aromatic carbocycles. The quantitative estimate of drug-likeness (QED) is 0.0308. The van der Waals surface area contributed by atoms with E-state index in [1.165, 1.54) is 283 Å². The van der Waals surface area contributed by atoms with E-state index in [1.807, 2.05) is 0 Å². The van der Waals surface area contributed by atoms with Crippen LogP contribution in [0.2, 0.25) is 0 Å². The summed E-state index contributed by atoms with van der Waals surface area (Å²) in [5.74, 6) is -0.592. The van der Waals surface area contributed by atoms with Crippen LogP contribution in [0.1, 0.15) is 354 Å². The van der Waals surface area contributed by atoms with E-state index in [0.29, 0.717) is 19.3 Å². The Kier molecular flexibility index (Phi) is 60.1. The van der Waals surface area contributed by atoms with Gasteiger partial charge in [-0.2, -0.15) is 0 Å². The van der Waals surface area contributed by atoms with Crippen LogP contribution >= 0.6 is 0 Å². The largest absolute Gasteiger partial charge is 0.394 e. The molecule has 0 aliphatic rings. The molecule has 0 aromatic rings. The summed E-state index contributed by atoms with van der Waals surface area (Å²) in [6, 6.07) is -1.01. The highest BCUT2D eigenvalue weighted by atomic mass is 16.3. The summed E-state index contributed by atoms with van der Waals surface area (Å²) in [6.07, 6.45) is 78.3. The van der Waals surface area contributed by atoms with Crippen LogP contribution in [0.3, 0.4) is 0 Å². The first kappa shape index (κ1) is 71.5. The zero-order valence-electron chi connectivity index (χ0n) is 49.2. The van der Waals surface area contributed by atoms with Crippen LogP contribution in [0, 0.1) is 0 Å². The first-order valence-electron chi connectivity index (χ1n) is 32.9. The number of aliphatic hydroxyl groups excluding tert-OH is 4. The number of hydrogen-bond donors (Lipinski definition) is 5. The molecule has 0 aliphatic heterocycles. The van der Waals surface area contributed by atoms with Crippen LogP contribution in [0.15, 0.2) is 36.5 Å². The molecule has 0 saturated carbocycles. The van der Waals surface area contributed by atoms with Gasteiger partial charge in [0.2, 0.25) is 5.91 Å². The summed E-state index contributed by atoms with van der Waals surface area (Å²) in [5, 5.41) is 44.1. The molecular weight excluding hydrogens is 899 g/mol. The monoisotopic (exact) mass is 1030 g/mol. The Bertz CT molecular complexity index is 1150. The van der Waals surface area contributed by atoms with Crippen molar-refractivity contribution in [3.8, 4) is 0 Å². The highest BCUT2D eigenvalue weighted by Crippen LogP contribution is 2.18. The molecule has 432 valence electrons. The van der Waals surface area contributed by atoms with Crippen molar-refractivity contribution in [1.82, 2.24) is 5.32 Å². The molecule has 6 nitrogen and oxygen atoms in total. The Hall–Kier alpha value is -1.47. The molecule has 0 rings (SSSR count). The molecule has 4 unspecified atom stereocenters. The van der Waals surface area contributed by atoms with Gasteiger partial charge in [0.05, 0.1) is 18.8 Å². The molecule has 6 heteroatoms. The number of hydrogen-bond acceptors (Lipinski definition) is 5. The third-order valence-electron chi connectivity index (χ3n) is 15.6. The van der Waals surface area contributed by atoms with Crippen molar-refractivity contribution in [2.24, 2.45) is 0 Å². The molecule has 0 saturated heterocycles. The van der Waals surface area contributed by atoms with Gasteiger partial charge in [0.15, 0.2) is 0 Å². The zero-order valence-corrected chi connectivity index (χ0v) is 49.2. The molecule has 0 fully saturated rings. The third-order valence-corrected chi connectivity index (χ3v) is 15.6. The van der Waals surface area contributed by atoms with Crippen LogP contribution in [0.5, 0.6) is 0 Å². The lowest BCUT2D eigenvalue weighted by Crippen LogP contribution is -2.53. The molecule has 0 bridgehead atoms. The Morgan fingerprint density at radius 2 is 0.575 bits per heavy atom. The fourth-order valence-electron chi connectivity index (χ4n) is 10.4. The van der Waals surface area contributed by atoms with Crippen LogP contribution < -0.4 is 5.32 Å². The molecule has 0 spiro atoms. The maximum Gasteiger partial charge on any atom is 0.249 e. The number of amides is 1. The van der Waals surface area contributed by atoms with Crippen molar-refractivity contribution in [3.05, 3.63) is 36.5 Å². The van der Waals surface area contributed by atoms with Crippen molar-refractivity contribution in [2.75, 3.05) is 6.61 Å². The highest BCUT2D eigenvalue weighted by Gasteiger charge is 2.28. The topological polar surface area (TPSA) is 110 Å². The molecule has 73 heavy (non-hydrogen) atoms. The van der Waals surface area contributed by atoms with E-state index < -0.39 is 36.9 Å². The number of rotatable bonds is 61. The van der Waals surface area contributed by atoms with E-state index in [-0.39, 0.29) is 0 Å². The number of allylic oxidation sites excluding steroid dienone is 6. The van der Waals surface area contributed by atoms with Gasteiger partial charge in [-0.3, -0.25) is 4.79 Å². The maximum absolute atomic E-state index is 12.6. The second-order valence-corrected chi connectivity index (χ2v) is 22.8. The number of carbonyl (C=O) groups excluding carboxylic acids is 1. The lowest BCUT2D eigenvalue weighted by Gasteiger charge is -2.27. The first-order valence-corrected chi connectivity index (χ1v) is 32.9. The lowest BCUT2D eigenvalue weighted by molar-refractivity contribution is -0.132. The van der Waals surface area contributed by atoms with Crippen LogP contribution in [-0.2, 0) is 4.79 Å². The second kappa shape index (κ2) is 61.4. The van der Waals surface area contributed by atoms with E-state index in [0.717, 1.165) is 38.5 Å². The summed E-state index contributed by atoms with van der Waals surface area (Å²) < 4.78 is 0. The molecule has 0 aromatic heterocycles. The van der Waals surface area contributed by atoms with Crippen LogP contribution in [-0.4, -0.2) is 57.3 Å². The number of unbranched alkanes of at least 4 members (excludes halogenated alkanes) is 46. The Labute approximate surface area is 456 Å². The van der Waals surface area contributed by atoms with E-state index in [2.05, 4.69) is 55.6 Å². The van der Waals surface area contributed by atoms with Gasteiger partial charge in [-0.1, -0.05) is 314 Å². The number of carbonyl (C=O) groups is 1. The van der Waals surface area contributed by atoms with Gasteiger partial charge < -0.3 is 25.7 Å². The predicted molar refractivity (Wildman–Crippen MR) is 321 cm³/mol. The summed E-state index contributed by atoms with van der Waals surface area (Å²) in [4.78, 5) is 12.6. The first-order chi connectivity index (χ1) is 36.0. The van der Waals surface area contributed by atoms with E-state index in [4.69, 9.17) is 0 Å². The minimum Gasteiger partial charge on any atom is -0.394 e. The summed E-state index contributed by atoms with van der Waals surface area (Å²) in [6.45, 7) is 4.09. The molecule has 4 atom stereocenters. The van der Waals surface area contributed by atoms with Crippen molar-refractivity contribution in [1.29, 1.82) is 0 Å². The van der Waals surface area contributed by atoms with Gasteiger partial charge in [-0.15, -0.1) is 0 Å². The fraction of sp³-hybridized carbons (Fsp3) is 0.896. The van der Waals surface area contributed by atoms with E-state index >= 15 is 0 Å². The van der Waals surface area contributed by atoms with Gasteiger partial charge >= 0.3 is 0 Å². The SMILES string of the molecule is CCCCCCCCCCCCCC/C=C\CCCCCCCCCCCCCCCCCCC(O)C(=O)NC(CO)C(O)C(O)CCC/C=C/CC/C=C/CCCCCCCCCCCCCCCCCC. The highest BCUT2D eigenvalue weighted by molar-refractivity contribution is 5.80. The molecule has 0 heterocycles. The van der Waals surface area contributed by atoms with Crippen LogP contribution in [0.4, 0.5) is 0 Å². The Morgan fingerprint density at radius 1 is 0.329 bits per heavy atom. The van der Waals surface area contributed by atoms with Gasteiger partial charge in [-0.25, -0.2) is 0 Å². The maximum atomic E-state index is 12.6. The lowest BCUT2D eigenvalue weighted by atomic mass is 10.00. The van der Waals surface area contributed by atoms with E-state index in [1.54, 1.807) is 0 Å². The van der Waals surface area contributed by atoms with Gasteiger partial charge in [0.25, 0.3) is 0 Å². The molecular formula is C67H129NO5. The van der Waals surface area contributed by atoms with Gasteiger partial charge in [0.1, 0.15) is 12.2 Å². The van der Waals surface area contributed by atoms with Gasteiger partial charge in [0, 0.05) is 0 Å². The van der Waals surface area contributed by atoms with Crippen LogP contribution in [0.25, 0.3) is 0 Å². The second-order valence-electron chi connectivity index (χ2n) is 22.8. The molecule has 0 aliphatic carbocycles. The molecule has 0 radical (unpaired) electrons. The summed E-state index contributed by atoms with van der Waals surface area (Å²) >= 11 is 0. The van der Waals surface area contributed by atoms with Crippen molar-refractivity contribution in [2.45, 2.75) is 379 Å². The van der Waals surface area contributed by atoms with Crippen molar-refractivity contribution < 1.29 is 25.2 Å². The average Bonchev–Trinajstić information content (AvgIpc) is 3.40. The predicted octanol–water partition coefficient (Wildman–Crippen LogP) is 19.9. The number of nitrogens with one attached hydrogen (secondary N) is 1. The fourth-order valence-corrected chi connectivity index (χ4v) is 10.4. The third kappa shape index (κ3) is 55.1. The summed E-state index contributed by atoms with van der Waals surface area (Å²) in [7, 11) is 0.